The van der Waals surface area contributed by atoms with E-state index in [1.165, 1.54) is 28.3 Å². The van der Waals surface area contributed by atoms with Gasteiger partial charge in [-0.25, -0.2) is 9.78 Å². The summed E-state index contributed by atoms with van der Waals surface area (Å²) in [5, 5.41) is 12.3. The zero-order chi connectivity index (χ0) is 26.2. The molecule has 8 nitrogen and oxygen atoms in total. The number of nitrogens with zero attached hydrogens (tertiary/aromatic N) is 3. The van der Waals surface area contributed by atoms with Crippen LogP contribution in [0.5, 0.6) is 0 Å². The fraction of sp³-hybridized carbons (Fsp3) is 0.286. The maximum absolute atomic E-state index is 12.9. The molecule has 0 saturated carbocycles. The average molecular weight is 517 g/mol. The molecule has 0 fully saturated rings. The molecule has 190 valence electrons. The molecule has 0 radical (unpaired) electrons. The van der Waals surface area contributed by atoms with Gasteiger partial charge in [-0.3, -0.25) is 15.6 Å². The number of pyridine rings is 1. The summed E-state index contributed by atoms with van der Waals surface area (Å²) in [5.41, 5.74) is 10.1. The van der Waals surface area contributed by atoms with Crippen molar-refractivity contribution in [3.05, 3.63) is 93.6 Å². The average Bonchev–Trinajstić information content (AvgIpc) is 3.07. The van der Waals surface area contributed by atoms with Crippen molar-refractivity contribution in [2.45, 2.75) is 38.6 Å². The molecule has 2 aromatic carbocycles. The zero-order valence-corrected chi connectivity index (χ0v) is 21.4. The van der Waals surface area contributed by atoms with E-state index >= 15 is 0 Å². The molecule has 9 heteroatoms. The Bertz CT molecular complexity index is 1270. The minimum Gasteiger partial charge on any atom is -0.326 e. The third-order valence-corrected chi connectivity index (χ3v) is 6.67. The number of hydrogen-bond acceptors (Lipinski definition) is 5. The number of aryl methyl sites for hydroxylation is 2. The van der Waals surface area contributed by atoms with Gasteiger partial charge in [0.25, 0.3) is 5.91 Å². The van der Waals surface area contributed by atoms with Crippen LogP contribution in [-0.4, -0.2) is 34.9 Å². The highest BCUT2D eigenvalue weighted by molar-refractivity contribution is 6.33. The molecule has 4 rings (SSSR count). The number of rotatable bonds is 8. The maximum atomic E-state index is 12.9. The molecule has 0 aliphatic heterocycles. The lowest BCUT2D eigenvalue weighted by atomic mass is 9.95. The van der Waals surface area contributed by atoms with Crippen LogP contribution in [-0.2, 0) is 12.8 Å². The summed E-state index contributed by atoms with van der Waals surface area (Å²) in [6, 6.07) is 19.0. The van der Waals surface area contributed by atoms with Crippen molar-refractivity contribution < 1.29 is 9.59 Å². The molecule has 0 spiro atoms. The second-order valence-corrected chi connectivity index (χ2v) is 9.25. The van der Waals surface area contributed by atoms with Crippen LogP contribution in [0.3, 0.4) is 0 Å². The third kappa shape index (κ3) is 6.19. The van der Waals surface area contributed by atoms with Crippen LogP contribution < -0.4 is 16.2 Å². The van der Waals surface area contributed by atoms with Gasteiger partial charge in [-0.15, -0.1) is 0 Å². The molecule has 1 aliphatic rings. The van der Waals surface area contributed by atoms with Gasteiger partial charge in [0.2, 0.25) is 0 Å². The van der Waals surface area contributed by atoms with E-state index in [1.54, 1.807) is 0 Å². The molecule has 1 aromatic heterocycles. The first-order chi connectivity index (χ1) is 18.0. The number of unbranched alkanes of at least 4 members (excludes halogenated alkanes) is 1. The number of fused-ring (bicyclic) bond motifs is 2. The van der Waals surface area contributed by atoms with Crippen molar-refractivity contribution in [1.29, 1.82) is 5.26 Å². The lowest BCUT2D eigenvalue weighted by Crippen LogP contribution is -2.41. The maximum Gasteiger partial charge on any atom is 0.334 e. The summed E-state index contributed by atoms with van der Waals surface area (Å²) in [5.74, 6) is -0.109. The van der Waals surface area contributed by atoms with Gasteiger partial charge < -0.3 is 10.2 Å². The van der Waals surface area contributed by atoms with Gasteiger partial charge in [-0.1, -0.05) is 73.5 Å². The number of nitriles is 1. The van der Waals surface area contributed by atoms with E-state index in [-0.39, 0.29) is 34.9 Å². The van der Waals surface area contributed by atoms with Gasteiger partial charge in [-0.05, 0) is 47.6 Å². The van der Waals surface area contributed by atoms with Crippen molar-refractivity contribution in [3.63, 3.8) is 0 Å². The highest BCUT2D eigenvalue weighted by Crippen LogP contribution is 2.32. The third-order valence-electron chi connectivity index (χ3n) is 6.38. The summed E-state index contributed by atoms with van der Waals surface area (Å²) in [4.78, 5) is 31.4. The van der Waals surface area contributed by atoms with Gasteiger partial charge >= 0.3 is 6.03 Å². The summed E-state index contributed by atoms with van der Waals surface area (Å²) < 4.78 is 0. The predicted molar refractivity (Wildman–Crippen MR) is 143 cm³/mol. The molecular weight excluding hydrogens is 488 g/mol. The number of carbonyl (C=O) groups is 2. The number of hydrazine groups is 1. The first-order valence-electron chi connectivity index (χ1n) is 12.3. The Kier molecular flexibility index (Phi) is 8.60. The SMILES string of the molecule is CCCCN(CC#N)C(=O)c1cnc(NNC(=O)NC2c3ccccc3CCc3ccccc32)c(Cl)c1. The first kappa shape index (κ1) is 26.0. The monoisotopic (exact) mass is 516 g/mol. The smallest absolute Gasteiger partial charge is 0.326 e. The number of benzene rings is 2. The Morgan fingerprint density at radius 1 is 1.11 bits per heavy atom. The van der Waals surface area contributed by atoms with Crippen LogP contribution in [0.25, 0.3) is 0 Å². The zero-order valence-electron chi connectivity index (χ0n) is 20.6. The topological polar surface area (TPSA) is 110 Å². The van der Waals surface area contributed by atoms with Crippen molar-refractivity contribution in [2.75, 3.05) is 18.5 Å². The van der Waals surface area contributed by atoms with E-state index in [2.05, 4.69) is 33.3 Å². The van der Waals surface area contributed by atoms with Gasteiger partial charge in [-0.2, -0.15) is 5.26 Å². The Hall–Kier alpha value is -4.09. The number of nitrogens with one attached hydrogen (secondary N) is 3. The normalized spacial score (nSPS) is 12.4. The molecule has 0 bridgehead atoms. The van der Waals surface area contributed by atoms with Crippen LogP contribution in [0, 0.1) is 11.3 Å². The van der Waals surface area contributed by atoms with E-state index < -0.39 is 6.03 Å². The van der Waals surface area contributed by atoms with E-state index in [9.17, 15) is 9.59 Å². The van der Waals surface area contributed by atoms with Gasteiger partial charge in [0.1, 0.15) is 6.54 Å². The minimum atomic E-state index is -0.450. The fourth-order valence-corrected chi connectivity index (χ4v) is 4.69. The number of carbonyl (C=O) groups excluding carboxylic acids is 2. The molecule has 3 aromatic rings. The van der Waals surface area contributed by atoms with Gasteiger partial charge in [0.15, 0.2) is 5.82 Å². The van der Waals surface area contributed by atoms with E-state index in [1.807, 2.05) is 49.4 Å². The predicted octanol–water partition coefficient (Wildman–Crippen LogP) is 5.02. The molecule has 1 heterocycles. The van der Waals surface area contributed by atoms with Crippen molar-refractivity contribution in [1.82, 2.24) is 20.6 Å². The molecular formula is C28H29ClN6O2. The largest absolute Gasteiger partial charge is 0.334 e. The fourth-order valence-electron chi connectivity index (χ4n) is 4.48. The Labute approximate surface area is 221 Å². The van der Waals surface area contributed by atoms with Crippen molar-refractivity contribution >= 4 is 29.4 Å². The van der Waals surface area contributed by atoms with E-state index in [4.69, 9.17) is 16.9 Å². The summed E-state index contributed by atoms with van der Waals surface area (Å²) in [6.45, 7) is 2.49. The number of amides is 3. The van der Waals surface area contributed by atoms with Crippen molar-refractivity contribution in [3.8, 4) is 6.07 Å². The van der Waals surface area contributed by atoms with Crippen LogP contribution in [0.4, 0.5) is 10.6 Å². The van der Waals surface area contributed by atoms with E-state index in [0.29, 0.717) is 6.54 Å². The number of aromatic nitrogens is 1. The van der Waals surface area contributed by atoms with Gasteiger partial charge in [0.05, 0.1) is 22.7 Å². The Morgan fingerprint density at radius 3 is 2.35 bits per heavy atom. The molecule has 3 N–H and O–H groups in total. The van der Waals surface area contributed by atoms with E-state index in [0.717, 1.165) is 36.8 Å². The first-order valence-corrected chi connectivity index (χ1v) is 12.7. The lowest BCUT2D eigenvalue weighted by Gasteiger charge is -2.22. The molecule has 1 aliphatic carbocycles. The van der Waals surface area contributed by atoms with Crippen LogP contribution in [0.1, 0.15) is 58.4 Å². The quantitative estimate of drug-likeness (QED) is 0.288. The number of halogens is 1. The summed E-state index contributed by atoms with van der Waals surface area (Å²) in [6.07, 6.45) is 4.89. The van der Waals surface area contributed by atoms with Crippen LogP contribution in [0.2, 0.25) is 5.02 Å². The van der Waals surface area contributed by atoms with Crippen LogP contribution in [0.15, 0.2) is 60.8 Å². The van der Waals surface area contributed by atoms with Crippen LogP contribution >= 0.6 is 11.6 Å². The van der Waals surface area contributed by atoms with Crippen molar-refractivity contribution in [2.24, 2.45) is 0 Å². The minimum absolute atomic E-state index is 0.00833. The summed E-state index contributed by atoms with van der Waals surface area (Å²) >= 11 is 6.36. The Balaban J connectivity index is 1.45. The van der Waals surface area contributed by atoms with Gasteiger partial charge in [0, 0.05) is 12.7 Å². The molecule has 0 saturated heterocycles. The standard InChI is InChI=1S/C28H29ClN6O2/c1-2-3-15-35(16-14-30)27(36)21-17-24(29)26(31-18-21)33-34-28(37)32-25-22-10-6-4-8-19(22)12-13-20-9-5-7-11-23(20)25/h4-11,17-18,25H,2-3,12-13,15-16H2,1H3,(H,31,33)(H2,32,34,37). The second kappa shape index (κ2) is 12.2. The Morgan fingerprint density at radius 2 is 1.76 bits per heavy atom. The highest BCUT2D eigenvalue weighted by atomic mass is 35.5. The molecule has 0 atom stereocenters. The number of hydrogen-bond donors (Lipinski definition) is 3. The lowest BCUT2D eigenvalue weighted by molar-refractivity contribution is 0.0773. The highest BCUT2D eigenvalue weighted by Gasteiger charge is 2.25. The number of anilines is 1. The number of urea groups is 1. The summed E-state index contributed by atoms with van der Waals surface area (Å²) in [7, 11) is 0. The second-order valence-electron chi connectivity index (χ2n) is 8.85. The molecule has 37 heavy (non-hydrogen) atoms. The molecule has 0 unspecified atom stereocenters. The molecule has 3 amide bonds.